The molecule has 0 radical (unpaired) electrons. The quantitative estimate of drug-likeness (QED) is 0.716. The maximum absolute atomic E-state index is 10.4. The van der Waals surface area contributed by atoms with Crippen LogP contribution in [0.3, 0.4) is 0 Å². The van der Waals surface area contributed by atoms with Gasteiger partial charge in [-0.25, -0.2) is 0 Å². The summed E-state index contributed by atoms with van der Waals surface area (Å²) in [5, 5.41) is 10.4. The Kier molecular flexibility index (Phi) is 3.95. The molecule has 2 heteroatoms. The number of terminal acetylenes is 1. The Bertz CT molecular complexity index is 666. The number of aliphatic hydroxyl groups excluding tert-OH is 1. The first kappa shape index (κ1) is 18.5. The Labute approximate surface area is 165 Å². The molecule has 5 fully saturated rings. The van der Waals surface area contributed by atoms with Crippen LogP contribution in [0.25, 0.3) is 0 Å². The van der Waals surface area contributed by atoms with Crippen molar-refractivity contribution in [3.63, 3.8) is 0 Å². The maximum Gasteiger partial charge on any atom is 0.117 e. The van der Waals surface area contributed by atoms with E-state index in [2.05, 4.69) is 26.7 Å². The predicted octanol–water partition coefficient (Wildman–Crippen LogP) is 4.90. The van der Waals surface area contributed by atoms with Gasteiger partial charge in [0.1, 0.15) is 6.10 Å². The summed E-state index contributed by atoms with van der Waals surface area (Å²) in [5.74, 6) is 6.82. The molecule has 11 atom stereocenters. The molecular formula is C25H38O2. The van der Waals surface area contributed by atoms with Crippen LogP contribution in [0.5, 0.6) is 0 Å². The van der Waals surface area contributed by atoms with Crippen LogP contribution < -0.4 is 0 Å². The van der Waals surface area contributed by atoms with E-state index in [0.717, 1.165) is 23.7 Å². The van der Waals surface area contributed by atoms with Crippen LogP contribution in [-0.4, -0.2) is 24.4 Å². The lowest BCUT2D eigenvalue weighted by atomic mass is 9.45. The van der Waals surface area contributed by atoms with Crippen molar-refractivity contribution in [2.45, 2.75) is 84.3 Å². The third kappa shape index (κ3) is 2.06. The van der Waals surface area contributed by atoms with Crippen molar-refractivity contribution in [3.8, 4) is 12.3 Å². The SMILES string of the molecule is C#C[C@H](O)[C@@H](C)[C@H]1CC[C@H]2[C@@H]3C[C@@H](OC)[C@@]45C[C@@H]4CC[C@]5(C)[C@H]3CC[C@]12C. The van der Waals surface area contributed by atoms with Gasteiger partial charge in [0, 0.05) is 12.5 Å². The lowest BCUT2D eigenvalue weighted by Gasteiger charge is -2.61. The van der Waals surface area contributed by atoms with E-state index in [9.17, 15) is 5.11 Å². The molecule has 0 saturated heterocycles. The van der Waals surface area contributed by atoms with Crippen molar-refractivity contribution in [2.24, 2.45) is 51.8 Å². The first-order valence-electron chi connectivity index (χ1n) is 11.5. The fraction of sp³-hybridized carbons (Fsp3) is 0.920. The lowest BCUT2D eigenvalue weighted by Crippen LogP contribution is -2.57. The highest BCUT2D eigenvalue weighted by Gasteiger charge is 2.77. The molecular weight excluding hydrogens is 332 g/mol. The fourth-order valence-electron chi connectivity index (χ4n) is 9.85. The summed E-state index contributed by atoms with van der Waals surface area (Å²) in [6, 6.07) is 0. The third-order valence-corrected chi connectivity index (χ3v) is 11.2. The van der Waals surface area contributed by atoms with Crippen molar-refractivity contribution in [1.82, 2.24) is 0 Å². The molecule has 5 saturated carbocycles. The van der Waals surface area contributed by atoms with Gasteiger partial charge < -0.3 is 9.84 Å². The first-order valence-corrected chi connectivity index (χ1v) is 11.5. The van der Waals surface area contributed by atoms with E-state index < -0.39 is 6.10 Å². The predicted molar refractivity (Wildman–Crippen MR) is 108 cm³/mol. The highest BCUT2D eigenvalue weighted by molar-refractivity contribution is 5.26. The van der Waals surface area contributed by atoms with Gasteiger partial charge in [0.15, 0.2) is 0 Å². The number of methoxy groups -OCH3 is 1. The number of aliphatic hydroxyl groups is 1. The molecule has 5 rings (SSSR count). The molecule has 27 heavy (non-hydrogen) atoms. The van der Waals surface area contributed by atoms with Crippen molar-refractivity contribution in [2.75, 3.05) is 7.11 Å². The molecule has 0 unspecified atom stereocenters. The highest BCUT2D eigenvalue weighted by atomic mass is 16.5. The van der Waals surface area contributed by atoms with Gasteiger partial charge in [-0.3, -0.25) is 0 Å². The topological polar surface area (TPSA) is 29.5 Å². The number of hydrogen-bond acceptors (Lipinski definition) is 2. The minimum absolute atomic E-state index is 0.213. The van der Waals surface area contributed by atoms with E-state index in [1.54, 1.807) is 0 Å². The first-order chi connectivity index (χ1) is 12.8. The number of ether oxygens (including phenoxy) is 1. The fourth-order valence-corrected chi connectivity index (χ4v) is 9.85. The molecule has 0 amide bonds. The summed E-state index contributed by atoms with van der Waals surface area (Å²) in [5.41, 5.74) is 1.37. The van der Waals surface area contributed by atoms with Crippen LogP contribution in [0.1, 0.15) is 72.1 Å². The normalized spacial score (nSPS) is 57.6. The van der Waals surface area contributed by atoms with Crippen LogP contribution in [0.4, 0.5) is 0 Å². The second-order valence-corrected chi connectivity index (χ2v) is 11.4. The highest BCUT2D eigenvalue weighted by Crippen LogP contribution is 2.82. The molecule has 0 aromatic rings. The van der Waals surface area contributed by atoms with Gasteiger partial charge in [-0.15, -0.1) is 6.42 Å². The Balaban J connectivity index is 1.47. The molecule has 0 aromatic carbocycles. The molecule has 0 aliphatic heterocycles. The molecule has 150 valence electrons. The summed E-state index contributed by atoms with van der Waals surface area (Å²) in [4.78, 5) is 0. The van der Waals surface area contributed by atoms with Gasteiger partial charge in [0.25, 0.3) is 0 Å². The monoisotopic (exact) mass is 370 g/mol. The van der Waals surface area contributed by atoms with Gasteiger partial charge in [-0.1, -0.05) is 26.7 Å². The summed E-state index contributed by atoms with van der Waals surface area (Å²) in [6.07, 6.45) is 16.3. The summed E-state index contributed by atoms with van der Waals surface area (Å²) in [6.45, 7) is 7.37. The van der Waals surface area contributed by atoms with E-state index in [4.69, 9.17) is 11.2 Å². The van der Waals surface area contributed by atoms with E-state index in [-0.39, 0.29) is 5.92 Å². The number of hydrogen-bond donors (Lipinski definition) is 1. The average Bonchev–Trinajstić information content (AvgIpc) is 3.17. The molecule has 1 spiro atoms. The van der Waals surface area contributed by atoms with Crippen LogP contribution in [0.15, 0.2) is 0 Å². The number of fused-ring (bicyclic) bond motifs is 4. The Morgan fingerprint density at radius 3 is 2.56 bits per heavy atom. The third-order valence-electron chi connectivity index (χ3n) is 11.2. The molecule has 5 aliphatic rings. The standard InChI is InChI=1S/C25H38O2/c1-6-21(26)15(2)18-7-8-19-17-13-22(27-5)25-14-16(25)9-12-24(25,4)20(17)10-11-23(18,19)3/h1,15-22,26H,7-14H2,2-5H3/t15-,16-,17-,18+,19-,20-,21-,22+,23+,24+,25+/m0/s1. The Morgan fingerprint density at radius 1 is 1.11 bits per heavy atom. The molecule has 0 bridgehead atoms. The maximum atomic E-state index is 10.4. The second kappa shape index (κ2) is 5.76. The number of rotatable bonds is 3. The summed E-state index contributed by atoms with van der Waals surface area (Å²) in [7, 11) is 1.97. The van der Waals surface area contributed by atoms with Crippen molar-refractivity contribution in [1.29, 1.82) is 0 Å². The van der Waals surface area contributed by atoms with Crippen LogP contribution >= 0.6 is 0 Å². The van der Waals surface area contributed by atoms with Gasteiger partial charge >= 0.3 is 0 Å². The van der Waals surface area contributed by atoms with Gasteiger partial charge in [0.05, 0.1) is 6.10 Å². The Hall–Kier alpha value is -0.520. The van der Waals surface area contributed by atoms with Crippen LogP contribution in [0, 0.1) is 64.1 Å². The van der Waals surface area contributed by atoms with E-state index in [1.807, 2.05) is 7.11 Å². The van der Waals surface area contributed by atoms with Gasteiger partial charge in [-0.05, 0) is 97.7 Å². The van der Waals surface area contributed by atoms with E-state index >= 15 is 0 Å². The zero-order chi connectivity index (χ0) is 19.2. The zero-order valence-corrected chi connectivity index (χ0v) is 17.7. The molecule has 0 aromatic heterocycles. The smallest absolute Gasteiger partial charge is 0.117 e. The van der Waals surface area contributed by atoms with Crippen molar-refractivity contribution in [3.05, 3.63) is 0 Å². The van der Waals surface area contributed by atoms with E-state index in [1.165, 1.54) is 51.4 Å². The lowest BCUT2D eigenvalue weighted by molar-refractivity contribution is -0.162. The minimum atomic E-state index is -0.593. The average molecular weight is 371 g/mol. The van der Waals surface area contributed by atoms with E-state index in [0.29, 0.717) is 28.3 Å². The molecule has 0 heterocycles. The minimum Gasteiger partial charge on any atom is -0.381 e. The van der Waals surface area contributed by atoms with Gasteiger partial charge in [-0.2, -0.15) is 0 Å². The molecule has 5 aliphatic carbocycles. The largest absolute Gasteiger partial charge is 0.381 e. The summed E-state index contributed by atoms with van der Waals surface area (Å²) >= 11 is 0. The van der Waals surface area contributed by atoms with Crippen LogP contribution in [0.2, 0.25) is 0 Å². The Morgan fingerprint density at radius 2 is 1.89 bits per heavy atom. The molecule has 2 nitrogen and oxygen atoms in total. The molecule has 1 N–H and O–H groups in total. The summed E-state index contributed by atoms with van der Waals surface area (Å²) < 4.78 is 6.21. The van der Waals surface area contributed by atoms with Crippen molar-refractivity contribution >= 4 is 0 Å². The van der Waals surface area contributed by atoms with Crippen molar-refractivity contribution < 1.29 is 9.84 Å². The van der Waals surface area contributed by atoms with Crippen LogP contribution in [-0.2, 0) is 4.74 Å². The second-order valence-electron chi connectivity index (χ2n) is 11.4. The van der Waals surface area contributed by atoms with Gasteiger partial charge in [0.2, 0.25) is 0 Å². The zero-order valence-electron chi connectivity index (χ0n) is 17.7.